The van der Waals surface area contributed by atoms with Crippen LogP contribution in [0.3, 0.4) is 0 Å². The fourth-order valence-corrected chi connectivity index (χ4v) is 2.20. The first kappa shape index (κ1) is 14.5. The highest BCUT2D eigenvalue weighted by Gasteiger charge is 2.16. The van der Waals surface area contributed by atoms with E-state index in [-0.39, 0.29) is 11.9 Å². The normalized spacial score (nSPS) is 12.2. The van der Waals surface area contributed by atoms with Crippen molar-refractivity contribution >= 4 is 5.69 Å². The minimum Gasteiger partial charge on any atom is -0.378 e. The molecule has 0 saturated heterocycles. The highest BCUT2D eigenvalue weighted by atomic mass is 19.1. The van der Waals surface area contributed by atoms with Gasteiger partial charge < -0.3 is 10.2 Å². The van der Waals surface area contributed by atoms with Crippen LogP contribution in [0.5, 0.6) is 0 Å². The van der Waals surface area contributed by atoms with E-state index in [4.69, 9.17) is 0 Å². The number of hydrogen-bond acceptors (Lipinski definition) is 3. The Hall–Kier alpha value is -1.94. The maximum Gasteiger partial charge on any atom is 0.146 e. The molecule has 1 unspecified atom stereocenters. The number of aromatic nitrogens is 1. The van der Waals surface area contributed by atoms with E-state index in [0.29, 0.717) is 5.56 Å². The number of nitrogens with zero attached hydrogens (tertiary/aromatic N) is 2. The molecule has 0 aliphatic heterocycles. The zero-order valence-electron chi connectivity index (χ0n) is 12.1. The van der Waals surface area contributed by atoms with Gasteiger partial charge in [-0.25, -0.2) is 4.39 Å². The average Bonchev–Trinajstić information content (AvgIpc) is 2.46. The van der Waals surface area contributed by atoms with Crippen molar-refractivity contribution in [2.45, 2.75) is 13.0 Å². The summed E-state index contributed by atoms with van der Waals surface area (Å²) in [6.45, 7) is 2.78. The third-order valence-electron chi connectivity index (χ3n) is 3.27. The largest absolute Gasteiger partial charge is 0.378 e. The highest BCUT2D eigenvalue weighted by Crippen LogP contribution is 2.25. The second kappa shape index (κ2) is 6.48. The predicted molar refractivity (Wildman–Crippen MR) is 80.5 cm³/mol. The summed E-state index contributed by atoms with van der Waals surface area (Å²) in [5.74, 6) is -0.282. The molecule has 1 aromatic heterocycles. The van der Waals surface area contributed by atoms with Crippen molar-refractivity contribution < 1.29 is 4.39 Å². The lowest BCUT2D eigenvalue weighted by Crippen LogP contribution is -2.23. The fourth-order valence-electron chi connectivity index (χ4n) is 2.20. The van der Waals surface area contributed by atoms with Crippen molar-refractivity contribution in [1.29, 1.82) is 0 Å². The van der Waals surface area contributed by atoms with Gasteiger partial charge in [-0.1, -0.05) is 19.1 Å². The van der Waals surface area contributed by atoms with E-state index in [9.17, 15) is 4.39 Å². The molecule has 2 rings (SSSR count). The number of nitrogens with one attached hydrogen (secondary N) is 1. The summed E-state index contributed by atoms with van der Waals surface area (Å²) in [6, 6.07) is 9.71. The molecule has 0 aliphatic carbocycles. The lowest BCUT2D eigenvalue weighted by atomic mass is 9.99. The molecule has 0 fully saturated rings. The first-order valence-electron chi connectivity index (χ1n) is 6.73. The summed E-state index contributed by atoms with van der Waals surface area (Å²) in [6.07, 6.45) is 2.88. The molecule has 1 atom stereocenters. The van der Waals surface area contributed by atoms with E-state index in [1.807, 2.05) is 50.2 Å². The van der Waals surface area contributed by atoms with Crippen LogP contribution in [0.1, 0.15) is 24.1 Å². The third kappa shape index (κ3) is 3.14. The molecule has 0 amide bonds. The van der Waals surface area contributed by atoms with E-state index in [1.54, 1.807) is 12.3 Å². The number of rotatable bonds is 5. The summed E-state index contributed by atoms with van der Waals surface area (Å²) in [5, 5.41) is 3.32. The van der Waals surface area contributed by atoms with Gasteiger partial charge in [-0.2, -0.15) is 0 Å². The maximum atomic E-state index is 13.9. The molecule has 20 heavy (non-hydrogen) atoms. The Morgan fingerprint density at radius 3 is 2.45 bits per heavy atom. The molecule has 0 spiro atoms. The predicted octanol–water partition coefficient (Wildman–Crippen LogP) is 2.99. The van der Waals surface area contributed by atoms with Crippen LogP contribution >= 0.6 is 0 Å². The maximum absolute atomic E-state index is 13.9. The Kier molecular flexibility index (Phi) is 4.69. The van der Waals surface area contributed by atoms with Crippen LogP contribution in [-0.2, 0) is 0 Å². The van der Waals surface area contributed by atoms with Crippen LogP contribution in [0.25, 0.3) is 0 Å². The van der Waals surface area contributed by atoms with Crippen molar-refractivity contribution in [3.63, 3.8) is 0 Å². The lowest BCUT2D eigenvalue weighted by molar-refractivity contribution is 0.554. The molecule has 0 bridgehead atoms. The molecular formula is C16H20FN3. The highest BCUT2D eigenvalue weighted by molar-refractivity contribution is 5.47. The lowest BCUT2D eigenvalue weighted by Gasteiger charge is -2.20. The molecule has 1 heterocycles. The van der Waals surface area contributed by atoms with Gasteiger partial charge in [0.05, 0.1) is 12.2 Å². The third-order valence-corrected chi connectivity index (χ3v) is 3.27. The molecule has 0 saturated carbocycles. The SMILES string of the molecule is CCNC(c1ccc(N(C)C)cc1)c1ccncc1F. The molecule has 1 N–H and O–H groups in total. The van der Waals surface area contributed by atoms with Crippen LogP contribution in [0.4, 0.5) is 10.1 Å². The second-order valence-electron chi connectivity index (χ2n) is 4.87. The zero-order valence-corrected chi connectivity index (χ0v) is 12.1. The van der Waals surface area contributed by atoms with Crippen molar-refractivity contribution in [2.75, 3.05) is 25.5 Å². The van der Waals surface area contributed by atoms with Gasteiger partial charge in [-0.05, 0) is 30.3 Å². The van der Waals surface area contributed by atoms with Gasteiger partial charge in [0.25, 0.3) is 0 Å². The molecule has 1 aromatic carbocycles. The van der Waals surface area contributed by atoms with Gasteiger partial charge in [0.15, 0.2) is 0 Å². The molecular weight excluding hydrogens is 253 g/mol. The standard InChI is InChI=1S/C16H20FN3/c1-4-19-16(14-9-10-18-11-15(14)17)12-5-7-13(8-6-12)20(2)3/h5-11,16,19H,4H2,1-3H3. The molecule has 4 heteroatoms. The number of anilines is 1. The Labute approximate surface area is 119 Å². The monoisotopic (exact) mass is 273 g/mol. The van der Waals surface area contributed by atoms with Crippen molar-refractivity contribution in [2.24, 2.45) is 0 Å². The van der Waals surface area contributed by atoms with Crippen molar-refractivity contribution in [1.82, 2.24) is 10.3 Å². The topological polar surface area (TPSA) is 28.2 Å². The average molecular weight is 273 g/mol. The summed E-state index contributed by atoms with van der Waals surface area (Å²) >= 11 is 0. The Balaban J connectivity index is 2.36. The van der Waals surface area contributed by atoms with Crippen LogP contribution in [0.2, 0.25) is 0 Å². The van der Waals surface area contributed by atoms with Crippen LogP contribution in [-0.4, -0.2) is 25.6 Å². The van der Waals surface area contributed by atoms with Crippen molar-refractivity contribution in [3.05, 3.63) is 59.7 Å². The summed E-state index contributed by atoms with van der Waals surface area (Å²) in [7, 11) is 4.00. The number of halogens is 1. The Morgan fingerprint density at radius 2 is 1.90 bits per heavy atom. The van der Waals surface area contributed by atoms with Crippen LogP contribution in [0.15, 0.2) is 42.7 Å². The van der Waals surface area contributed by atoms with Gasteiger partial charge in [-0.15, -0.1) is 0 Å². The minimum absolute atomic E-state index is 0.154. The number of hydrogen-bond donors (Lipinski definition) is 1. The Morgan fingerprint density at radius 1 is 1.20 bits per heavy atom. The first-order chi connectivity index (χ1) is 9.63. The molecule has 2 aromatic rings. The quantitative estimate of drug-likeness (QED) is 0.907. The van der Waals surface area contributed by atoms with Gasteiger partial charge in [0.2, 0.25) is 0 Å². The molecule has 106 valence electrons. The molecule has 3 nitrogen and oxygen atoms in total. The summed E-state index contributed by atoms with van der Waals surface area (Å²) in [5.41, 5.74) is 2.79. The second-order valence-corrected chi connectivity index (χ2v) is 4.87. The summed E-state index contributed by atoms with van der Waals surface area (Å²) < 4.78 is 13.9. The first-order valence-corrected chi connectivity index (χ1v) is 6.73. The summed E-state index contributed by atoms with van der Waals surface area (Å²) in [4.78, 5) is 5.85. The molecule has 0 radical (unpaired) electrons. The van der Waals surface area contributed by atoms with Crippen LogP contribution in [0, 0.1) is 5.82 Å². The van der Waals surface area contributed by atoms with E-state index in [2.05, 4.69) is 10.3 Å². The van der Waals surface area contributed by atoms with E-state index < -0.39 is 0 Å². The number of pyridine rings is 1. The van der Waals surface area contributed by atoms with E-state index >= 15 is 0 Å². The van der Waals surface area contributed by atoms with Gasteiger partial charge in [0.1, 0.15) is 5.82 Å². The zero-order chi connectivity index (χ0) is 14.5. The minimum atomic E-state index is -0.282. The Bertz CT molecular complexity index is 552. The van der Waals surface area contributed by atoms with Crippen LogP contribution < -0.4 is 10.2 Å². The van der Waals surface area contributed by atoms with E-state index in [0.717, 1.165) is 17.8 Å². The van der Waals surface area contributed by atoms with Gasteiger partial charge >= 0.3 is 0 Å². The van der Waals surface area contributed by atoms with Gasteiger partial charge in [0, 0.05) is 31.5 Å². The molecule has 0 aliphatic rings. The smallest absolute Gasteiger partial charge is 0.146 e. The van der Waals surface area contributed by atoms with E-state index in [1.165, 1.54) is 6.20 Å². The van der Waals surface area contributed by atoms with Crippen molar-refractivity contribution in [3.8, 4) is 0 Å². The number of benzene rings is 1. The fraction of sp³-hybridized carbons (Fsp3) is 0.312. The van der Waals surface area contributed by atoms with Gasteiger partial charge in [-0.3, -0.25) is 4.98 Å².